The molecule has 2 N–H and O–H groups in total. The Morgan fingerprint density at radius 2 is 1.77 bits per heavy atom. The number of hydrogen-bond acceptors (Lipinski definition) is 7. The van der Waals surface area contributed by atoms with Gasteiger partial charge in [0.15, 0.2) is 5.82 Å². The Labute approximate surface area is 193 Å². The van der Waals surface area contributed by atoms with Gasteiger partial charge in [-0.2, -0.15) is 18.3 Å². The van der Waals surface area contributed by atoms with Crippen LogP contribution in [0.1, 0.15) is 30.1 Å². The van der Waals surface area contributed by atoms with Gasteiger partial charge >= 0.3 is 6.18 Å². The average molecular weight is 487 g/mol. The Kier molecular flexibility index (Phi) is 5.15. The van der Waals surface area contributed by atoms with Crippen molar-refractivity contribution in [1.82, 2.24) is 39.6 Å². The van der Waals surface area contributed by atoms with Crippen LogP contribution in [0, 0.1) is 11.6 Å². The number of aromatic nitrogens is 8. The van der Waals surface area contributed by atoms with Gasteiger partial charge in [-0.05, 0) is 18.2 Å². The predicted molar refractivity (Wildman–Crippen MR) is 112 cm³/mol. The van der Waals surface area contributed by atoms with Crippen molar-refractivity contribution < 1.29 is 22.0 Å². The Morgan fingerprint density at radius 3 is 2.49 bits per heavy atom. The molecule has 0 unspecified atom stereocenters. The number of rotatable bonds is 4. The number of nitrogens with two attached hydrogens (primary N) is 1. The summed E-state index contributed by atoms with van der Waals surface area (Å²) in [6.07, 6.45) is 0.0537. The summed E-state index contributed by atoms with van der Waals surface area (Å²) in [5, 5.41) is 12.2. The third-order valence-electron chi connectivity index (χ3n) is 5.38. The highest BCUT2D eigenvalue weighted by Crippen LogP contribution is 2.35. The summed E-state index contributed by atoms with van der Waals surface area (Å²) in [6, 6.07) is 4.61. The molecule has 0 saturated carbocycles. The molecule has 5 aromatic rings. The zero-order chi connectivity index (χ0) is 24.9. The highest BCUT2D eigenvalue weighted by molar-refractivity contribution is 5.88. The summed E-state index contributed by atoms with van der Waals surface area (Å²) in [4.78, 5) is 10.8. The second-order valence-electron chi connectivity index (χ2n) is 7.59. The topological polar surface area (TPSA) is 113 Å². The molecule has 1 atom stereocenters. The van der Waals surface area contributed by atoms with E-state index in [0.29, 0.717) is 22.5 Å². The lowest BCUT2D eigenvalue weighted by atomic mass is 10.0. The first-order valence-corrected chi connectivity index (χ1v) is 10.0. The zero-order valence-corrected chi connectivity index (χ0v) is 17.7. The van der Waals surface area contributed by atoms with Gasteiger partial charge in [0.25, 0.3) is 0 Å². The molecule has 178 valence electrons. The van der Waals surface area contributed by atoms with Crippen molar-refractivity contribution >= 4 is 11.3 Å². The molecule has 5 rings (SSSR count). The summed E-state index contributed by atoms with van der Waals surface area (Å²) in [7, 11) is 0. The molecule has 0 amide bonds. The van der Waals surface area contributed by atoms with Gasteiger partial charge in [0.2, 0.25) is 5.82 Å². The van der Waals surface area contributed by atoms with Gasteiger partial charge in [-0.25, -0.2) is 32.9 Å². The van der Waals surface area contributed by atoms with Gasteiger partial charge in [-0.3, -0.25) is 0 Å². The van der Waals surface area contributed by atoms with Crippen LogP contribution in [-0.4, -0.2) is 39.6 Å². The standard InChI is InChI=1S/C21H14F5N9/c1-10(15-8-34(33-32-15)17-4-12(22)2-3-14(17)23)16-5-13(18-19(27)30-9-31-35(16)18)11-6-28-20(29-7-11)21(24,25)26/h2-10H,1H3,(H2,27,30,31)/t10-/m0/s1. The van der Waals surface area contributed by atoms with Crippen LogP contribution >= 0.6 is 0 Å². The average Bonchev–Trinajstić information content (AvgIpc) is 3.46. The van der Waals surface area contributed by atoms with Gasteiger partial charge in [-0.1, -0.05) is 12.1 Å². The molecule has 4 heterocycles. The van der Waals surface area contributed by atoms with Crippen LogP contribution < -0.4 is 5.73 Å². The molecule has 35 heavy (non-hydrogen) atoms. The molecule has 0 fully saturated rings. The molecular formula is C21H14F5N9. The Morgan fingerprint density at radius 1 is 1.03 bits per heavy atom. The molecular weight excluding hydrogens is 473 g/mol. The normalized spacial score (nSPS) is 12.9. The molecule has 1 aromatic carbocycles. The first-order chi connectivity index (χ1) is 16.6. The van der Waals surface area contributed by atoms with Crippen molar-refractivity contribution in [1.29, 1.82) is 0 Å². The first kappa shape index (κ1) is 22.3. The highest BCUT2D eigenvalue weighted by Gasteiger charge is 2.34. The molecule has 0 spiro atoms. The quantitative estimate of drug-likeness (QED) is 0.384. The summed E-state index contributed by atoms with van der Waals surface area (Å²) in [5.41, 5.74) is 7.87. The molecule has 0 radical (unpaired) electrons. The van der Waals surface area contributed by atoms with Crippen molar-refractivity contribution in [3.63, 3.8) is 0 Å². The van der Waals surface area contributed by atoms with Gasteiger partial charge in [0, 0.05) is 35.5 Å². The molecule has 0 aliphatic rings. The number of benzene rings is 1. The fraction of sp³-hybridized carbons (Fsp3) is 0.143. The SMILES string of the molecule is C[C@@H](c1cn(-c2cc(F)ccc2F)nn1)c1cc(-c2cnc(C(F)(F)F)nc2)c2c(N)ncnn12. The van der Waals surface area contributed by atoms with E-state index in [9.17, 15) is 22.0 Å². The second kappa shape index (κ2) is 8.07. The molecule has 0 aliphatic heterocycles. The lowest BCUT2D eigenvalue weighted by Gasteiger charge is -2.08. The molecule has 4 aromatic heterocycles. The van der Waals surface area contributed by atoms with Crippen LogP contribution in [0.5, 0.6) is 0 Å². The minimum absolute atomic E-state index is 0.0823. The fourth-order valence-electron chi connectivity index (χ4n) is 3.64. The number of anilines is 1. The van der Waals surface area contributed by atoms with Crippen molar-refractivity contribution in [3.05, 3.63) is 78.0 Å². The first-order valence-electron chi connectivity index (χ1n) is 10.0. The van der Waals surface area contributed by atoms with Crippen molar-refractivity contribution in [3.8, 4) is 16.8 Å². The fourth-order valence-corrected chi connectivity index (χ4v) is 3.64. The van der Waals surface area contributed by atoms with E-state index in [1.165, 1.54) is 17.0 Å². The van der Waals surface area contributed by atoms with Gasteiger partial charge in [0.1, 0.15) is 29.2 Å². The molecule has 9 nitrogen and oxygen atoms in total. The minimum Gasteiger partial charge on any atom is -0.382 e. The Bertz CT molecular complexity index is 1540. The number of nitrogens with zero attached hydrogens (tertiary/aromatic N) is 8. The third kappa shape index (κ3) is 3.92. The van der Waals surface area contributed by atoms with E-state index in [-0.39, 0.29) is 17.1 Å². The zero-order valence-electron chi connectivity index (χ0n) is 17.7. The summed E-state index contributed by atoms with van der Waals surface area (Å²) >= 11 is 0. The van der Waals surface area contributed by atoms with E-state index >= 15 is 0 Å². The summed E-state index contributed by atoms with van der Waals surface area (Å²) < 4.78 is 69.0. The van der Waals surface area contributed by atoms with Crippen molar-refractivity contribution in [2.24, 2.45) is 0 Å². The second-order valence-corrected chi connectivity index (χ2v) is 7.59. The molecule has 14 heteroatoms. The van der Waals surface area contributed by atoms with E-state index < -0.39 is 29.6 Å². The van der Waals surface area contributed by atoms with Gasteiger partial charge < -0.3 is 5.73 Å². The smallest absolute Gasteiger partial charge is 0.382 e. The molecule has 0 bridgehead atoms. The van der Waals surface area contributed by atoms with Crippen LogP contribution in [0.25, 0.3) is 22.3 Å². The lowest BCUT2D eigenvalue weighted by Crippen LogP contribution is -2.10. The number of nitrogen functional groups attached to an aromatic ring is 1. The van der Waals surface area contributed by atoms with Gasteiger partial charge in [-0.15, -0.1) is 5.10 Å². The lowest BCUT2D eigenvalue weighted by molar-refractivity contribution is -0.144. The molecule has 0 aliphatic carbocycles. The minimum atomic E-state index is -4.68. The van der Waals surface area contributed by atoms with Crippen molar-refractivity contribution in [2.45, 2.75) is 19.0 Å². The monoisotopic (exact) mass is 487 g/mol. The Hall–Kier alpha value is -4.49. The number of halogens is 5. The summed E-state index contributed by atoms with van der Waals surface area (Å²) in [5.74, 6) is -3.01. The van der Waals surface area contributed by atoms with Crippen LogP contribution in [-0.2, 0) is 6.18 Å². The predicted octanol–water partition coefficient (Wildman–Crippen LogP) is 3.80. The van der Waals surface area contributed by atoms with Crippen LogP contribution in [0.3, 0.4) is 0 Å². The largest absolute Gasteiger partial charge is 0.451 e. The maximum Gasteiger partial charge on any atom is 0.451 e. The number of fused-ring (bicyclic) bond motifs is 1. The van der Waals surface area contributed by atoms with E-state index in [0.717, 1.165) is 35.3 Å². The Balaban J connectivity index is 1.59. The van der Waals surface area contributed by atoms with Crippen LogP contribution in [0.4, 0.5) is 27.8 Å². The van der Waals surface area contributed by atoms with E-state index in [1.54, 1.807) is 13.0 Å². The molecule has 0 saturated heterocycles. The van der Waals surface area contributed by atoms with Crippen LogP contribution in [0.2, 0.25) is 0 Å². The number of alkyl halides is 3. The van der Waals surface area contributed by atoms with E-state index in [1.807, 2.05) is 0 Å². The van der Waals surface area contributed by atoms with E-state index in [4.69, 9.17) is 5.73 Å². The maximum absolute atomic E-state index is 14.2. The maximum atomic E-state index is 14.2. The van der Waals surface area contributed by atoms with Crippen LogP contribution in [0.15, 0.2) is 49.2 Å². The van der Waals surface area contributed by atoms with E-state index in [2.05, 4.69) is 30.4 Å². The summed E-state index contributed by atoms with van der Waals surface area (Å²) in [6.45, 7) is 1.77. The number of hydrogen-bond donors (Lipinski definition) is 1. The third-order valence-corrected chi connectivity index (χ3v) is 5.38. The van der Waals surface area contributed by atoms with Gasteiger partial charge in [0.05, 0.1) is 17.6 Å². The highest BCUT2D eigenvalue weighted by atomic mass is 19.4. The van der Waals surface area contributed by atoms with Crippen molar-refractivity contribution in [2.75, 3.05) is 5.73 Å².